The molecule has 5 heteroatoms. The van der Waals surface area contributed by atoms with Crippen molar-refractivity contribution in [1.82, 2.24) is 4.90 Å². The Labute approximate surface area is 189 Å². The Kier molecular flexibility index (Phi) is 4.47. The summed E-state index contributed by atoms with van der Waals surface area (Å²) in [6, 6.07) is 14.2. The fraction of sp³-hybridized carbons (Fsp3) is 0.519. The third-order valence-corrected chi connectivity index (χ3v) is 8.19. The van der Waals surface area contributed by atoms with Crippen molar-refractivity contribution in [3.8, 4) is 11.5 Å². The summed E-state index contributed by atoms with van der Waals surface area (Å²) in [4.78, 5) is 15.6. The van der Waals surface area contributed by atoms with Crippen molar-refractivity contribution in [1.29, 1.82) is 0 Å². The SMILES string of the molecule is CC(C)CN1CC[C@]23c4c5ccc(OCc6ccccc6)c4O[C@H]2C(=O)CCC3(O)[C@H]1C5. The van der Waals surface area contributed by atoms with Crippen LogP contribution < -0.4 is 9.47 Å². The Bertz CT molecular complexity index is 1070. The number of rotatable bonds is 5. The Morgan fingerprint density at radius 2 is 2.00 bits per heavy atom. The van der Waals surface area contributed by atoms with Gasteiger partial charge in [-0.05, 0) is 48.9 Å². The highest BCUT2D eigenvalue weighted by Crippen LogP contribution is 2.64. The molecular weight excluding hydrogens is 402 g/mol. The van der Waals surface area contributed by atoms with E-state index in [2.05, 4.69) is 24.8 Å². The van der Waals surface area contributed by atoms with E-state index in [0.29, 0.717) is 36.9 Å². The number of hydrogen-bond acceptors (Lipinski definition) is 5. The van der Waals surface area contributed by atoms with Gasteiger partial charge in [0.25, 0.3) is 0 Å². The predicted molar refractivity (Wildman–Crippen MR) is 121 cm³/mol. The molecule has 2 aliphatic heterocycles. The summed E-state index contributed by atoms with van der Waals surface area (Å²) in [7, 11) is 0. The highest BCUT2D eigenvalue weighted by Gasteiger charge is 2.73. The lowest BCUT2D eigenvalue weighted by atomic mass is 9.49. The first kappa shape index (κ1) is 20.3. The van der Waals surface area contributed by atoms with E-state index in [1.807, 2.05) is 36.4 Å². The maximum absolute atomic E-state index is 13.1. The topological polar surface area (TPSA) is 59.0 Å². The minimum absolute atomic E-state index is 0.0207. The maximum atomic E-state index is 13.1. The summed E-state index contributed by atoms with van der Waals surface area (Å²) < 4.78 is 12.6. The Morgan fingerprint density at radius 3 is 2.78 bits per heavy atom. The number of benzene rings is 2. The zero-order chi connectivity index (χ0) is 22.1. The third-order valence-electron chi connectivity index (χ3n) is 8.19. The number of aliphatic hydroxyl groups is 1. The van der Waals surface area contributed by atoms with Gasteiger partial charge in [0.05, 0.1) is 11.0 Å². The molecule has 2 aliphatic carbocycles. The highest BCUT2D eigenvalue weighted by atomic mass is 16.5. The summed E-state index contributed by atoms with van der Waals surface area (Å²) in [5.74, 6) is 2.01. The van der Waals surface area contributed by atoms with E-state index in [-0.39, 0.29) is 11.8 Å². The number of hydrogen-bond donors (Lipinski definition) is 1. The first-order valence-corrected chi connectivity index (χ1v) is 11.9. The fourth-order valence-corrected chi connectivity index (χ4v) is 6.94. The van der Waals surface area contributed by atoms with Gasteiger partial charge in [-0.2, -0.15) is 0 Å². The van der Waals surface area contributed by atoms with Crippen molar-refractivity contribution >= 4 is 5.78 Å². The fourth-order valence-electron chi connectivity index (χ4n) is 6.94. The molecule has 0 radical (unpaired) electrons. The molecule has 2 heterocycles. The number of carbonyl (C=O) groups is 1. The molecule has 0 aromatic heterocycles. The summed E-state index contributed by atoms with van der Waals surface area (Å²) in [5, 5.41) is 12.3. The normalized spacial score (nSPS) is 32.6. The first-order chi connectivity index (χ1) is 15.4. The molecule has 168 valence electrons. The maximum Gasteiger partial charge on any atom is 0.174 e. The largest absolute Gasteiger partial charge is 0.485 e. The molecule has 4 aliphatic rings. The average molecular weight is 434 g/mol. The van der Waals surface area contributed by atoms with Crippen LogP contribution in [0.2, 0.25) is 0 Å². The summed E-state index contributed by atoms with van der Waals surface area (Å²) >= 11 is 0. The number of carbonyl (C=O) groups excluding carboxylic acids is 1. The average Bonchev–Trinajstić information content (AvgIpc) is 3.14. The van der Waals surface area contributed by atoms with Gasteiger partial charge in [-0.15, -0.1) is 0 Å². The summed E-state index contributed by atoms with van der Waals surface area (Å²) in [6.07, 6.45) is 1.81. The summed E-state index contributed by atoms with van der Waals surface area (Å²) in [5.41, 5.74) is 1.72. The van der Waals surface area contributed by atoms with Crippen molar-refractivity contribution < 1.29 is 19.4 Å². The molecule has 4 atom stereocenters. The van der Waals surface area contributed by atoms with Crippen LogP contribution in [0.4, 0.5) is 0 Å². The molecule has 1 saturated carbocycles. The monoisotopic (exact) mass is 433 g/mol. The van der Waals surface area contributed by atoms with Crippen molar-refractivity contribution in [2.45, 2.75) is 69.3 Å². The zero-order valence-electron chi connectivity index (χ0n) is 18.8. The van der Waals surface area contributed by atoms with E-state index in [1.54, 1.807) is 0 Å². The van der Waals surface area contributed by atoms with E-state index < -0.39 is 17.1 Å². The van der Waals surface area contributed by atoms with Gasteiger partial charge in [0, 0.05) is 24.6 Å². The van der Waals surface area contributed by atoms with Crippen LogP contribution in [0.15, 0.2) is 42.5 Å². The molecule has 1 N–H and O–H groups in total. The molecule has 1 spiro atoms. The van der Waals surface area contributed by atoms with Crippen molar-refractivity contribution in [2.75, 3.05) is 13.1 Å². The van der Waals surface area contributed by atoms with E-state index in [1.165, 1.54) is 5.56 Å². The molecule has 2 aromatic carbocycles. The molecule has 32 heavy (non-hydrogen) atoms. The summed E-state index contributed by atoms with van der Waals surface area (Å²) in [6.45, 7) is 6.74. The van der Waals surface area contributed by atoms with Gasteiger partial charge >= 0.3 is 0 Å². The zero-order valence-corrected chi connectivity index (χ0v) is 18.8. The Balaban J connectivity index is 1.45. The number of likely N-dealkylation sites (tertiary alicyclic amines) is 1. The molecule has 1 unspecified atom stereocenters. The molecular formula is C27H31NO4. The van der Waals surface area contributed by atoms with Crippen molar-refractivity contribution in [2.24, 2.45) is 5.92 Å². The van der Waals surface area contributed by atoms with E-state index in [9.17, 15) is 9.90 Å². The van der Waals surface area contributed by atoms with Crippen LogP contribution in [-0.4, -0.2) is 46.6 Å². The smallest absolute Gasteiger partial charge is 0.174 e. The Hall–Kier alpha value is -2.37. The van der Waals surface area contributed by atoms with E-state index >= 15 is 0 Å². The van der Waals surface area contributed by atoms with Crippen LogP contribution in [0.25, 0.3) is 0 Å². The number of piperidine rings is 1. The second kappa shape index (κ2) is 7.06. The number of Topliss-reactive ketones (excluding diaryl/α,β-unsaturated/α-hetero) is 1. The third kappa shape index (κ3) is 2.61. The van der Waals surface area contributed by atoms with Crippen LogP contribution in [0.3, 0.4) is 0 Å². The Morgan fingerprint density at radius 1 is 1.19 bits per heavy atom. The van der Waals surface area contributed by atoms with E-state index in [4.69, 9.17) is 9.47 Å². The van der Waals surface area contributed by atoms with Crippen LogP contribution in [0, 0.1) is 5.92 Å². The van der Waals surface area contributed by atoms with Crippen LogP contribution >= 0.6 is 0 Å². The van der Waals surface area contributed by atoms with Crippen LogP contribution in [0.1, 0.15) is 49.8 Å². The lowest BCUT2D eigenvalue weighted by Gasteiger charge is -2.62. The van der Waals surface area contributed by atoms with E-state index in [0.717, 1.165) is 37.1 Å². The molecule has 5 nitrogen and oxygen atoms in total. The molecule has 0 amide bonds. The van der Waals surface area contributed by atoms with Crippen molar-refractivity contribution in [3.05, 3.63) is 59.2 Å². The number of ketones is 1. The minimum atomic E-state index is -0.949. The highest BCUT2D eigenvalue weighted by molar-refractivity contribution is 5.90. The second-order valence-corrected chi connectivity index (χ2v) is 10.4. The molecule has 2 bridgehead atoms. The standard InChI is InChI=1S/C27H31NO4/c1-17(2)15-28-13-12-26-23-19-8-9-21(31-16-18-6-4-3-5-7-18)24(23)32-25(26)20(29)10-11-27(26,30)22(28)14-19/h3-9,17,22,25,30H,10-16H2,1-2H3/t22-,25+,26+,27?/m1/s1. The predicted octanol–water partition coefficient (Wildman–Crippen LogP) is 3.64. The second-order valence-electron chi connectivity index (χ2n) is 10.4. The lowest BCUT2D eigenvalue weighted by Crippen LogP contribution is -2.76. The molecule has 2 aromatic rings. The quantitative estimate of drug-likeness (QED) is 0.780. The molecule has 2 fully saturated rings. The van der Waals surface area contributed by atoms with Gasteiger partial charge in [0.15, 0.2) is 23.4 Å². The first-order valence-electron chi connectivity index (χ1n) is 11.9. The lowest BCUT2D eigenvalue weighted by molar-refractivity contribution is -0.189. The van der Waals surface area contributed by atoms with Gasteiger partial charge in [0.1, 0.15) is 6.61 Å². The van der Waals surface area contributed by atoms with Gasteiger partial charge in [-0.25, -0.2) is 0 Å². The molecule has 1 saturated heterocycles. The van der Waals surface area contributed by atoms with Crippen molar-refractivity contribution in [3.63, 3.8) is 0 Å². The minimum Gasteiger partial charge on any atom is -0.485 e. The number of ether oxygens (including phenoxy) is 2. The number of nitrogens with zero attached hydrogens (tertiary/aromatic N) is 1. The van der Waals surface area contributed by atoms with Crippen LogP contribution in [0.5, 0.6) is 11.5 Å². The van der Waals surface area contributed by atoms with Gasteiger partial charge in [-0.3, -0.25) is 9.69 Å². The van der Waals surface area contributed by atoms with Gasteiger partial charge < -0.3 is 14.6 Å². The van der Waals surface area contributed by atoms with Gasteiger partial charge in [0.2, 0.25) is 0 Å². The molecule has 6 rings (SSSR count). The van der Waals surface area contributed by atoms with Crippen LogP contribution in [-0.2, 0) is 23.2 Å². The van der Waals surface area contributed by atoms with Gasteiger partial charge in [-0.1, -0.05) is 50.2 Å².